The fourth-order valence-electron chi connectivity index (χ4n) is 5.53. The minimum atomic E-state index is -1.13. The number of benzene rings is 5. The summed E-state index contributed by atoms with van der Waals surface area (Å²) in [5.41, 5.74) is 2.06. The van der Waals surface area contributed by atoms with E-state index < -0.39 is 12.0 Å². The van der Waals surface area contributed by atoms with E-state index in [0.29, 0.717) is 22.3 Å². The molecule has 0 aliphatic heterocycles. The van der Waals surface area contributed by atoms with Gasteiger partial charge >= 0.3 is 0 Å². The number of fused-ring (bicyclic) bond motifs is 4. The number of hydrogen-bond acceptors (Lipinski definition) is 4. The lowest BCUT2D eigenvalue weighted by atomic mass is 10.0. The molecule has 0 heterocycles. The smallest absolute Gasteiger partial charge is 0.197 e. The van der Waals surface area contributed by atoms with E-state index in [1.165, 1.54) is 6.08 Å². The summed E-state index contributed by atoms with van der Waals surface area (Å²) < 4.78 is 0. The fraction of sp³-hybridized carbons (Fsp3) is 0.0513. The van der Waals surface area contributed by atoms with Crippen molar-refractivity contribution in [2.75, 3.05) is 0 Å². The topological polar surface area (TPSA) is 74.3 Å². The minimum Gasteiger partial charge on any atom is -0.848 e. The highest BCUT2D eigenvalue weighted by Gasteiger charge is 2.33. The van der Waals surface area contributed by atoms with Gasteiger partial charge in [-0.25, -0.2) is 0 Å². The third kappa shape index (κ3) is 5.76. The molecule has 0 saturated heterocycles. The van der Waals surface area contributed by atoms with Gasteiger partial charge in [0.25, 0.3) is 0 Å². The van der Waals surface area contributed by atoms with Crippen LogP contribution in [-0.2, 0) is 12.6 Å². The number of allylic oxidation sites excluding steroid dienone is 7. The molecule has 0 N–H and O–H groups in total. The van der Waals surface area contributed by atoms with Gasteiger partial charge in [0.05, 0.1) is 5.57 Å². The Labute approximate surface area is 260 Å². The van der Waals surface area contributed by atoms with Crippen molar-refractivity contribution in [1.29, 1.82) is 0 Å². The molecule has 214 valence electrons. The Kier molecular flexibility index (Phi) is 8.33. The first-order chi connectivity index (χ1) is 21.4. The highest BCUT2D eigenvalue weighted by Crippen LogP contribution is 2.37. The average molecular weight is 593 g/mol. The van der Waals surface area contributed by atoms with E-state index in [0.717, 1.165) is 26.4 Å². The normalized spacial score (nSPS) is 17.6. The Morgan fingerprint density at radius 3 is 1.59 bits per heavy atom. The van der Waals surface area contributed by atoms with Crippen LogP contribution in [0.5, 0.6) is 0 Å². The van der Waals surface area contributed by atoms with E-state index in [2.05, 4.69) is 12.6 Å². The summed E-state index contributed by atoms with van der Waals surface area (Å²) in [5.74, 6) is -1.44. The standard InChI is InChI=1S/C33H21O4.C6H6S/c34-30-24(31(35)27-17-21-11-7-6-10-20(21)16-26(27)30)14-4-2-1-3-5-15-25-32(36)28-18-22-12-8-9-13-23(22)19-29(28)33(25)37;7-6-4-2-1-3-5-6/h1-19,24,30H;1-5,7H/q-1;/p+1/b2-1+,5-3+,14-4+;. The number of hydrogen-bond donors (Lipinski definition) is 0. The molecule has 0 fully saturated rings. The molecular formula is C39H28O4S. The Morgan fingerprint density at radius 2 is 1.05 bits per heavy atom. The van der Waals surface area contributed by atoms with Crippen LogP contribution in [-0.4, -0.2) is 17.3 Å². The summed E-state index contributed by atoms with van der Waals surface area (Å²) in [5, 5.41) is 16.6. The molecular weight excluding hydrogens is 564 g/mol. The molecule has 44 heavy (non-hydrogen) atoms. The maximum Gasteiger partial charge on any atom is 0.197 e. The summed E-state index contributed by atoms with van der Waals surface area (Å²) in [7, 11) is 0. The summed E-state index contributed by atoms with van der Waals surface area (Å²) >= 11 is 3.36. The highest BCUT2D eigenvalue weighted by atomic mass is 32.1. The van der Waals surface area contributed by atoms with Gasteiger partial charge in [-0.2, -0.15) is 0 Å². The predicted molar refractivity (Wildman–Crippen MR) is 177 cm³/mol. The maximum atomic E-state index is 12.9. The summed E-state index contributed by atoms with van der Waals surface area (Å²) in [4.78, 5) is 39.5. The van der Waals surface area contributed by atoms with Crippen molar-refractivity contribution >= 4 is 51.5 Å². The number of carbonyl (C=O) groups is 3. The highest BCUT2D eigenvalue weighted by molar-refractivity contribution is 7.58. The van der Waals surface area contributed by atoms with Gasteiger partial charge in [0.1, 0.15) is 4.90 Å². The van der Waals surface area contributed by atoms with Gasteiger partial charge in [0.2, 0.25) is 0 Å². The zero-order chi connectivity index (χ0) is 30.6. The van der Waals surface area contributed by atoms with Crippen LogP contribution in [0.3, 0.4) is 0 Å². The van der Waals surface area contributed by atoms with Crippen molar-refractivity contribution in [3.63, 3.8) is 0 Å². The van der Waals surface area contributed by atoms with Crippen LogP contribution in [0.1, 0.15) is 42.7 Å². The fourth-order valence-corrected chi connectivity index (χ4v) is 5.72. The molecule has 0 radical (unpaired) electrons. The molecule has 0 aromatic heterocycles. The van der Waals surface area contributed by atoms with E-state index in [-0.39, 0.29) is 22.9 Å². The van der Waals surface area contributed by atoms with Gasteiger partial charge in [-0.1, -0.05) is 115 Å². The Bertz CT molecular complexity index is 1990. The zero-order valence-corrected chi connectivity index (χ0v) is 24.6. The number of Topliss-reactive ketones (excluding diaryl/α,β-unsaturated/α-hetero) is 3. The van der Waals surface area contributed by atoms with Crippen molar-refractivity contribution in [3.8, 4) is 0 Å². The first-order valence-electron chi connectivity index (χ1n) is 14.3. The maximum absolute atomic E-state index is 12.9. The third-order valence-corrected chi connectivity index (χ3v) is 8.12. The minimum absolute atomic E-state index is 0.140. The van der Waals surface area contributed by atoms with Crippen LogP contribution < -0.4 is 5.11 Å². The van der Waals surface area contributed by atoms with E-state index in [9.17, 15) is 19.5 Å². The van der Waals surface area contributed by atoms with Gasteiger partial charge in [-0.15, -0.1) is 0 Å². The van der Waals surface area contributed by atoms with Gasteiger partial charge in [0, 0.05) is 22.6 Å². The number of rotatable bonds is 4. The quantitative estimate of drug-likeness (QED) is 0.0981. The number of ketones is 3. The third-order valence-electron chi connectivity index (χ3n) is 7.78. The van der Waals surface area contributed by atoms with Crippen LogP contribution in [0, 0.1) is 5.92 Å². The molecule has 7 rings (SSSR count). The molecule has 2 unspecified atom stereocenters. The van der Waals surface area contributed by atoms with Crippen LogP contribution in [0.2, 0.25) is 0 Å². The SMILES string of the molecule is O=C1C(=C/C=C/C=C/C=C/C2C(=O)c3cc4ccccc4cc3C2[O-])C(=O)c2cc3ccccc3cc21.[SH2+]c1ccccc1. The lowest BCUT2D eigenvalue weighted by Crippen LogP contribution is -2.22. The van der Waals surface area contributed by atoms with Crippen LogP contribution in [0.25, 0.3) is 21.5 Å². The van der Waals surface area contributed by atoms with E-state index in [1.807, 2.05) is 91.0 Å². The molecule has 0 spiro atoms. The molecule has 2 atom stereocenters. The van der Waals surface area contributed by atoms with Crippen LogP contribution in [0.15, 0.2) is 156 Å². The summed E-state index contributed by atoms with van der Waals surface area (Å²) in [6, 6.07) is 32.5. The van der Waals surface area contributed by atoms with Crippen molar-refractivity contribution in [2.24, 2.45) is 5.92 Å². The molecule has 2 aliphatic rings. The Hall–Kier alpha value is -5.10. The first-order valence-corrected chi connectivity index (χ1v) is 14.8. The van der Waals surface area contributed by atoms with Crippen LogP contribution in [0.4, 0.5) is 0 Å². The molecule has 5 aromatic carbocycles. The lowest BCUT2D eigenvalue weighted by molar-refractivity contribution is -0.430. The predicted octanol–water partition coefficient (Wildman–Crippen LogP) is 6.94. The number of carbonyl (C=O) groups excluding carboxylic acids is 3. The van der Waals surface area contributed by atoms with E-state index in [4.69, 9.17) is 0 Å². The molecule has 0 saturated carbocycles. The van der Waals surface area contributed by atoms with E-state index in [1.54, 1.807) is 48.6 Å². The largest absolute Gasteiger partial charge is 0.848 e. The molecule has 5 aromatic rings. The summed E-state index contributed by atoms with van der Waals surface area (Å²) in [6.07, 6.45) is 10.5. The van der Waals surface area contributed by atoms with Gasteiger partial charge < -0.3 is 5.11 Å². The molecule has 2 aliphatic carbocycles. The van der Waals surface area contributed by atoms with Crippen molar-refractivity contribution < 1.29 is 19.5 Å². The second-order valence-corrected chi connectivity index (χ2v) is 11.2. The zero-order valence-electron chi connectivity index (χ0n) is 23.6. The Balaban J connectivity index is 0.000000433. The van der Waals surface area contributed by atoms with Gasteiger partial charge in [0.15, 0.2) is 17.3 Å². The van der Waals surface area contributed by atoms with Gasteiger partial charge in [-0.3, -0.25) is 14.4 Å². The van der Waals surface area contributed by atoms with Crippen molar-refractivity contribution in [1.82, 2.24) is 0 Å². The Morgan fingerprint density at radius 1 is 0.568 bits per heavy atom. The second kappa shape index (κ2) is 12.6. The van der Waals surface area contributed by atoms with Crippen LogP contribution >= 0.6 is 0 Å². The molecule has 4 nitrogen and oxygen atoms in total. The summed E-state index contributed by atoms with van der Waals surface area (Å²) in [6.45, 7) is 0. The monoisotopic (exact) mass is 592 g/mol. The second-order valence-electron chi connectivity index (χ2n) is 10.6. The van der Waals surface area contributed by atoms with E-state index >= 15 is 0 Å². The average Bonchev–Trinajstić information content (AvgIpc) is 3.42. The lowest BCUT2D eigenvalue weighted by Gasteiger charge is -2.21. The first kappa shape index (κ1) is 29.0. The molecule has 0 amide bonds. The van der Waals surface area contributed by atoms with Crippen molar-refractivity contribution in [2.45, 2.75) is 11.0 Å². The van der Waals surface area contributed by atoms with Crippen molar-refractivity contribution in [3.05, 3.63) is 173 Å². The molecule has 5 heteroatoms. The molecule has 0 bridgehead atoms. The van der Waals surface area contributed by atoms with Gasteiger partial charge in [-0.05, 0) is 76.1 Å².